The third kappa shape index (κ3) is 4.22. The zero-order chi connectivity index (χ0) is 17.0. The highest BCUT2D eigenvalue weighted by Gasteiger charge is 2.19. The quantitative estimate of drug-likeness (QED) is 0.793. The predicted octanol–water partition coefficient (Wildman–Crippen LogP) is 2.55. The van der Waals surface area contributed by atoms with Crippen LogP contribution >= 0.6 is 11.8 Å². The lowest BCUT2D eigenvalue weighted by molar-refractivity contribution is -0.115. The third-order valence-corrected chi connectivity index (χ3v) is 4.35. The number of aryl methyl sites for hydroxylation is 1. The molecule has 0 aliphatic rings. The molecule has 6 nitrogen and oxygen atoms in total. The van der Waals surface area contributed by atoms with Crippen molar-refractivity contribution in [2.45, 2.75) is 44.1 Å². The number of carbonyl (C=O) groups excluding carboxylic acids is 1. The molecule has 2 N–H and O–H groups in total. The van der Waals surface area contributed by atoms with E-state index in [9.17, 15) is 14.0 Å². The molecule has 0 unspecified atom stereocenters. The number of hydrogen-bond acceptors (Lipinski definition) is 4. The lowest BCUT2D eigenvalue weighted by Gasteiger charge is -2.12. The second-order valence-corrected chi connectivity index (χ2v) is 6.48. The molecule has 0 saturated carbocycles. The molecule has 0 radical (unpaired) electrons. The normalized spacial score (nSPS) is 12.2. The maximum atomic E-state index is 13.5. The van der Waals surface area contributed by atoms with Gasteiger partial charge in [0.25, 0.3) is 0 Å². The Morgan fingerprint density at radius 1 is 1.52 bits per heavy atom. The topological polar surface area (TPSA) is 79.8 Å². The van der Waals surface area contributed by atoms with Gasteiger partial charge < -0.3 is 5.32 Å². The average molecular weight is 338 g/mol. The van der Waals surface area contributed by atoms with Gasteiger partial charge in [-0.15, -0.1) is 5.10 Å². The van der Waals surface area contributed by atoms with Crippen molar-refractivity contribution in [2.75, 3.05) is 5.32 Å². The molecule has 124 valence electrons. The van der Waals surface area contributed by atoms with Crippen LogP contribution in [0.5, 0.6) is 0 Å². The number of amides is 1. The summed E-state index contributed by atoms with van der Waals surface area (Å²) in [5.74, 6) is -0.649. The molecule has 1 amide bonds. The number of nitrogens with one attached hydrogen (secondary N) is 2. The second kappa shape index (κ2) is 7.45. The molecule has 0 saturated heterocycles. The summed E-state index contributed by atoms with van der Waals surface area (Å²) in [7, 11) is 0. The van der Waals surface area contributed by atoms with E-state index in [1.54, 1.807) is 26.0 Å². The van der Waals surface area contributed by atoms with Crippen LogP contribution in [0.2, 0.25) is 0 Å². The number of carbonyl (C=O) groups is 1. The first-order chi connectivity index (χ1) is 10.9. The molecular weight excluding hydrogens is 319 g/mol. The van der Waals surface area contributed by atoms with Crippen molar-refractivity contribution in [3.8, 4) is 0 Å². The lowest BCUT2D eigenvalue weighted by Crippen LogP contribution is -2.24. The molecule has 1 aromatic heterocycles. The highest BCUT2D eigenvalue weighted by atomic mass is 32.2. The van der Waals surface area contributed by atoms with E-state index in [0.29, 0.717) is 23.0 Å². The molecule has 1 aromatic carbocycles. The summed E-state index contributed by atoms with van der Waals surface area (Å²) in [6.45, 7) is 5.86. The Morgan fingerprint density at radius 2 is 2.26 bits per heavy atom. The molecule has 0 aliphatic heterocycles. The van der Waals surface area contributed by atoms with Crippen LogP contribution in [0, 0.1) is 12.7 Å². The highest BCUT2D eigenvalue weighted by molar-refractivity contribution is 8.00. The van der Waals surface area contributed by atoms with E-state index in [1.165, 1.54) is 22.4 Å². The van der Waals surface area contributed by atoms with Crippen molar-refractivity contribution in [2.24, 2.45) is 0 Å². The monoisotopic (exact) mass is 338 g/mol. The van der Waals surface area contributed by atoms with E-state index in [4.69, 9.17) is 0 Å². The first kappa shape index (κ1) is 17.3. The van der Waals surface area contributed by atoms with Gasteiger partial charge >= 0.3 is 5.69 Å². The van der Waals surface area contributed by atoms with Crippen molar-refractivity contribution < 1.29 is 9.18 Å². The van der Waals surface area contributed by atoms with Crippen molar-refractivity contribution >= 4 is 23.4 Å². The largest absolute Gasteiger partial charge is 0.343 e. The van der Waals surface area contributed by atoms with Crippen LogP contribution in [-0.2, 0) is 11.3 Å². The molecule has 1 heterocycles. The third-order valence-electron chi connectivity index (χ3n) is 3.26. The maximum absolute atomic E-state index is 13.5. The lowest BCUT2D eigenvalue weighted by atomic mass is 10.2. The number of hydrogen-bond donors (Lipinski definition) is 2. The maximum Gasteiger partial charge on any atom is 0.343 e. The van der Waals surface area contributed by atoms with Gasteiger partial charge in [0, 0.05) is 12.2 Å². The second-order valence-electron chi connectivity index (χ2n) is 5.18. The van der Waals surface area contributed by atoms with Crippen molar-refractivity contribution in [3.63, 3.8) is 0 Å². The summed E-state index contributed by atoms with van der Waals surface area (Å²) in [6, 6.07) is 4.54. The fraction of sp³-hybridized carbons (Fsp3) is 0.400. The van der Waals surface area contributed by atoms with Gasteiger partial charge in [-0.2, -0.15) is 0 Å². The van der Waals surface area contributed by atoms with E-state index in [2.05, 4.69) is 15.5 Å². The summed E-state index contributed by atoms with van der Waals surface area (Å²) in [6.07, 6.45) is 0.788. The van der Waals surface area contributed by atoms with Crippen LogP contribution in [0.1, 0.15) is 25.8 Å². The van der Waals surface area contributed by atoms with Crippen molar-refractivity contribution in [3.05, 3.63) is 40.1 Å². The number of H-pyrrole nitrogens is 1. The van der Waals surface area contributed by atoms with Crippen LogP contribution < -0.4 is 11.0 Å². The Bertz CT molecular complexity index is 756. The fourth-order valence-corrected chi connectivity index (χ4v) is 2.82. The fourth-order valence-electron chi connectivity index (χ4n) is 1.94. The molecular formula is C15H19FN4O2S. The van der Waals surface area contributed by atoms with Crippen LogP contribution in [0.25, 0.3) is 0 Å². The molecule has 8 heteroatoms. The summed E-state index contributed by atoms with van der Waals surface area (Å²) in [5, 5.41) is 8.97. The SMILES string of the molecule is CCCn1c(S[C@@H](C)C(=O)Nc2ccc(C)c(F)c2)n[nH]c1=O. The number of nitrogens with zero attached hydrogens (tertiary/aromatic N) is 2. The van der Waals surface area contributed by atoms with E-state index >= 15 is 0 Å². The molecule has 2 rings (SSSR count). The van der Waals surface area contributed by atoms with Crippen molar-refractivity contribution in [1.82, 2.24) is 14.8 Å². The summed E-state index contributed by atoms with van der Waals surface area (Å²) in [5.41, 5.74) is 0.631. The van der Waals surface area contributed by atoms with Gasteiger partial charge in [0.1, 0.15) is 5.82 Å². The van der Waals surface area contributed by atoms with Gasteiger partial charge in [0.05, 0.1) is 5.25 Å². The summed E-state index contributed by atoms with van der Waals surface area (Å²) in [4.78, 5) is 23.8. The Labute approximate surface area is 137 Å². The highest BCUT2D eigenvalue weighted by Crippen LogP contribution is 2.22. The van der Waals surface area contributed by atoms with Crippen LogP contribution in [0.4, 0.5) is 10.1 Å². The number of rotatable bonds is 6. The predicted molar refractivity (Wildman–Crippen MR) is 88.2 cm³/mol. The minimum Gasteiger partial charge on any atom is -0.325 e. The molecule has 0 bridgehead atoms. The average Bonchev–Trinajstić information content (AvgIpc) is 2.84. The minimum absolute atomic E-state index is 0.281. The standard InChI is InChI=1S/C15H19FN4O2S/c1-4-7-20-14(22)18-19-15(20)23-10(3)13(21)17-11-6-5-9(2)12(16)8-11/h5-6,8,10H,4,7H2,1-3H3,(H,17,21)(H,18,22)/t10-/m0/s1. The van der Waals surface area contributed by atoms with Gasteiger partial charge in [-0.25, -0.2) is 14.3 Å². The van der Waals surface area contributed by atoms with Gasteiger partial charge in [0.2, 0.25) is 5.91 Å². The van der Waals surface area contributed by atoms with Crippen molar-refractivity contribution in [1.29, 1.82) is 0 Å². The van der Waals surface area contributed by atoms with Gasteiger partial charge in [-0.3, -0.25) is 9.36 Å². The molecule has 0 fully saturated rings. The Hall–Kier alpha value is -2.09. The number of aromatic amines is 1. The number of benzene rings is 1. The number of anilines is 1. The number of thioether (sulfide) groups is 1. The van der Waals surface area contributed by atoms with Gasteiger partial charge in [0.15, 0.2) is 5.16 Å². The Balaban J connectivity index is 2.05. The number of aromatic nitrogens is 3. The minimum atomic E-state index is -0.481. The van der Waals surface area contributed by atoms with Crippen LogP contribution in [-0.4, -0.2) is 25.9 Å². The number of halogens is 1. The molecule has 0 spiro atoms. The Kier molecular flexibility index (Phi) is 5.59. The van der Waals surface area contributed by atoms with E-state index < -0.39 is 5.25 Å². The van der Waals surface area contributed by atoms with E-state index in [-0.39, 0.29) is 17.4 Å². The van der Waals surface area contributed by atoms with Crippen LogP contribution in [0.3, 0.4) is 0 Å². The molecule has 23 heavy (non-hydrogen) atoms. The molecule has 0 aliphatic carbocycles. The molecule has 2 aromatic rings. The first-order valence-corrected chi connectivity index (χ1v) is 8.19. The van der Waals surface area contributed by atoms with Gasteiger partial charge in [-0.05, 0) is 38.0 Å². The summed E-state index contributed by atoms with van der Waals surface area (Å²) < 4.78 is 15.0. The zero-order valence-corrected chi connectivity index (χ0v) is 14.0. The first-order valence-electron chi connectivity index (χ1n) is 7.31. The smallest absolute Gasteiger partial charge is 0.325 e. The Morgan fingerprint density at radius 3 is 2.91 bits per heavy atom. The summed E-state index contributed by atoms with van der Waals surface area (Å²) >= 11 is 1.18. The van der Waals surface area contributed by atoms with E-state index in [0.717, 1.165) is 6.42 Å². The molecule has 1 atom stereocenters. The van der Waals surface area contributed by atoms with Crippen LogP contribution in [0.15, 0.2) is 28.2 Å². The van der Waals surface area contributed by atoms with E-state index in [1.807, 2.05) is 6.92 Å². The van der Waals surface area contributed by atoms with Gasteiger partial charge in [-0.1, -0.05) is 24.8 Å². The zero-order valence-electron chi connectivity index (χ0n) is 13.2.